The van der Waals surface area contributed by atoms with Gasteiger partial charge in [-0.3, -0.25) is 9.59 Å². The van der Waals surface area contributed by atoms with Gasteiger partial charge in [-0.15, -0.1) is 0 Å². The summed E-state index contributed by atoms with van der Waals surface area (Å²) in [6.45, 7) is 2.19. The standard InChI is InChI=1S/C17H21NO3/c1-13-6-2-3-7-14(13)8-9-15(19)18-12-17(16(20)21)10-4-5-11-17/h2-3,6-9H,4-5,10-12H2,1H3,(H,18,19)(H,20,21)/b9-8+. The molecule has 0 aliphatic heterocycles. The maximum Gasteiger partial charge on any atom is 0.311 e. The zero-order valence-electron chi connectivity index (χ0n) is 12.3. The van der Waals surface area contributed by atoms with Crippen molar-refractivity contribution in [2.75, 3.05) is 6.54 Å². The van der Waals surface area contributed by atoms with Crippen molar-refractivity contribution >= 4 is 18.0 Å². The van der Waals surface area contributed by atoms with Crippen molar-refractivity contribution in [3.8, 4) is 0 Å². The number of carbonyl (C=O) groups excluding carboxylic acids is 1. The summed E-state index contributed by atoms with van der Waals surface area (Å²) in [4.78, 5) is 23.2. The maximum absolute atomic E-state index is 11.9. The van der Waals surface area contributed by atoms with Gasteiger partial charge in [0, 0.05) is 12.6 Å². The molecule has 2 N–H and O–H groups in total. The third kappa shape index (κ3) is 3.72. The van der Waals surface area contributed by atoms with E-state index < -0.39 is 11.4 Å². The lowest BCUT2D eigenvalue weighted by Gasteiger charge is -2.23. The largest absolute Gasteiger partial charge is 0.481 e. The first-order valence-electron chi connectivity index (χ1n) is 7.28. The smallest absolute Gasteiger partial charge is 0.311 e. The number of nitrogens with one attached hydrogen (secondary N) is 1. The lowest BCUT2D eigenvalue weighted by atomic mass is 9.86. The summed E-state index contributed by atoms with van der Waals surface area (Å²) in [6.07, 6.45) is 6.34. The van der Waals surface area contributed by atoms with Crippen molar-refractivity contribution in [3.05, 3.63) is 41.5 Å². The molecule has 0 heterocycles. The fourth-order valence-corrected chi connectivity index (χ4v) is 2.77. The third-order valence-electron chi connectivity index (χ3n) is 4.22. The monoisotopic (exact) mass is 287 g/mol. The van der Waals surface area contributed by atoms with Gasteiger partial charge in [0.1, 0.15) is 0 Å². The number of aryl methyl sites for hydroxylation is 1. The molecular weight excluding hydrogens is 266 g/mol. The van der Waals surface area contributed by atoms with Crippen LogP contribution in [0.5, 0.6) is 0 Å². The third-order valence-corrected chi connectivity index (χ3v) is 4.22. The number of benzene rings is 1. The molecule has 1 aliphatic carbocycles. The molecule has 0 unspecified atom stereocenters. The van der Waals surface area contributed by atoms with Crippen molar-refractivity contribution in [3.63, 3.8) is 0 Å². The molecule has 0 aromatic heterocycles. The molecule has 112 valence electrons. The van der Waals surface area contributed by atoms with Gasteiger partial charge in [-0.05, 0) is 37.0 Å². The van der Waals surface area contributed by atoms with Crippen LogP contribution < -0.4 is 5.32 Å². The van der Waals surface area contributed by atoms with Crippen molar-refractivity contribution in [2.45, 2.75) is 32.6 Å². The van der Waals surface area contributed by atoms with Crippen LogP contribution in [-0.2, 0) is 9.59 Å². The first kappa shape index (κ1) is 15.3. The molecule has 4 nitrogen and oxygen atoms in total. The Kier molecular flexibility index (Phi) is 4.78. The molecule has 1 aliphatic rings. The molecule has 2 rings (SSSR count). The number of carbonyl (C=O) groups is 2. The van der Waals surface area contributed by atoms with Crippen LogP contribution in [0.4, 0.5) is 0 Å². The van der Waals surface area contributed by atoms with Gasteiger partial charge in [0.2, 0.25) is 5.91 Å². The van der Waals surface area contributed by atoms with Gasteiger partial charge in [0.25, 0.3) is 0 Å². The summed E-state index contributed by atoms with van der Waals surface area (Å²) in [5, 5.41) is 12.1. The lowest BCUT2D eigenvalue weighted by molar-refractivity contribution is -0.148. The number of amides is 1. The van der Waals surface area contributed by atoms with E-state index in [4.69, 9.17) is 0 Å². The molecule has 1 aromatic rings. The average molecular weight is 287 g/mol. The number of carboxylic acids is 1. The van der Waals surface area contributed by atoms with E-state index in [9.17, 15) is 14.7 Å². The highest BCUT2D eigenvalue weighted by Gasteiger charge is 2.41. The molecule has 1 aromatic carbocycles. The molecule has 0 radical (unpaired) electrons. The van der Waals surface area contributed by atoms with Crippen LogP contribution >= 0.6 is 0 Å². The highest BCUT2D eigenvalue weighted by Crippen LogP contribution is 2.37. The Bertz CT molecular complexity index is 557. The van der Waals surface area contributed by atoms with Crippen molar-refractivity contribution in [2.24, 2.45) is 5.41 Å². The van der Waals surface area contributed by atoms with E-state index in [-0.39, 0.29) is 12.5 Å². The second kappa shape index (κ2) is 6.57. The molecule has 21 heavy (non-hydrogen) atoms. The van der Waals surface area contributed by atoms with E-state index >= 15 is 0 Å². The lowest BCUT2D eigenvalue weighted by Crippen LogP contribution is -2.40. The summed E-state index contributed by atoms with van der Waals surface area (Å²) in [5.74, 6) is -1.05. The van der Waals surface area contributed by atoms with Gasteiger partial charge in [-0.25, -0.2) is 0 Å². The van der Waals surface area contributed by atoms with Crippen LogP contribution in [0.2, 0.25) is 0 Å². The topological polar surface area (TPSA) is 66.4 Å². The zero-order valence-corrected chi connectivity index (χ0v) is 12.3. The van der Waals surface area contributed by atoms with Crippen LogP contribution in [0.3, 0.4) is 0 Å². The van der Waals surface area contributed by atoms with E-state index in [1.54, 1.807) is 6.08 Å². The minimum atomic E-state index is -0.803. The summed E-state index contributed by atoms with van der Waals surface area (Å²) in [7, 11) is 0. The van der Waals surface area contributed by atoms with E-state index in [0.29, 0.717) is 12.8 Å². The SMILES string of the molecule is Cc1ccccc1/C=C/C(=O)NCC1(C(=O)O)CCCC1. The minimum Gasteiger partial charge on any atom is -0.481 e. The Balaban J connectivity index is 1.93. The second-order valence-corrected chi connectivity index (χ2v) is 5.70. The van der Waals surface area contributed by atoms with Crippen LogP contribution in [0.1, 0.15) is 36.8 Å². The molecule has 0 atom stereocenters. The van der Waals surface area contributed by atoms with Crippen LogP contribution in [0.25, 0.3) is 6.08 Å². The predicted octanol–water partition coefficient (Wildman–Crippen LogP) is 2.77. The molecule has 4 heteroatoms. The van der Waals surface area contributed by atoms with Gasteiger partial charge in [-0.1, -0.05) is 37.1 Å². The minimum absolute atomic E-state index is 0.208. The van der Waals surface area contributed by atoms with Gasteiger partial charge in [0.15, 0.2) is 0 Å². The van der Waals surface area contributed by atoms with Crippen LogP contribution in [0, 0.1) is 12.3 Å². The zero-order chi connectivity index (χ0) is 15.3. The Labute approximate surface area is 124 Å². The van der Waals surface area contributed by atoms with E-state index in [0.717, 1.165) is 24.0 Å². The van der Waals surface area contributed by atoms with E-state index in [1.165, 1.54) is 6.08 Å². The molecule has 1 fully saturated rings. The van der Waals surface area contributed by atoms with E-state index in [1.807, 2.05) is 31.2 Å². The first-order chi connectivity index (χ1) is 10.0. The second-order valence-electron chi connectivity index (χ2n) is 5.70. The Morgan fingerprint density at radius 2 is 1.95 bits per heavy atom. The van der Waals surface area contributed by atoms with Gasteiger partial charge in [-0.2, -0.15) is 0 Å². The Morgan fingerprint density at radius 3 is 2.57 bits per heavy atom. The quantitative estimate of drug-likeness (QED) is 0.818. The molecule has 0 bridgehead atoms. The van der Waals surface area contributed by atoms with Crippen molar-refractivity contribution in [1.82, 2.24) is 5.32 Å². The van der Waals surface area contributed by atoms with Gasteiger partial charge < -0.3 is 10.4 Å². The highest BCUT2D eigenvalue weighted by atomic mass is 16.4. The molecule has 0 saturated heterocycles. The fraction of sp³-hybridized carbons (Fsp3) is 0.412. The van der Waals surface area contributed by atoms with Gasteiger partial charge in [0.05, 0.1) is 5.41 Å². The van der Waals surface area contributed by atoms with E-state index in [2.05, 4.69) is 5.32 Å². The van der Waals surface area contributed by atoms with Crippen molar-refractivity contribution < 1.29 is 14.7 Å². The summed E-state index contributed by atoms with van der Waals surface area (Å²) in [5.41, 5.74) is 1.31. The average Bonchev–Trinajstić information content (AvgIpc) is 2.94. The number of hydrogen-bond acceptors (Lipinski definition) is 2. The number of aliphatic carboxylic acids is 1. The van der Waals surface area contributed by atoms with Gasteiger partial charge >= 0.3 is 5.97 Å². The molecule has 1 amide bonds. The summed E-state index contributed by atoms with van der Waals surface area (Å²) < 4.78 is 0. The molecule has 0 spiro atoms. The predicted molar refractivity (Wildman–Crippen MR) is 81.8 cm³/mol. The summed E-state index contributed by atoms with van der Waals surface area (Å²) >= 11 is 0. The van der Waals surface area contributed by atoms with Crippen LogP contribution in [-0.4, -0.2) is 23.5 Å². The Hall–Kier alpha value is -2.10. The first-order valence-corrected chi connectivity index (χ1v) is 7.28. The van der Waals surface area contributed by atoms with Crippen molar-refractivity contribution in [1.29, 1.82) is 0 Å². The summed E-state index contributed by atoms with van der Waals surface area (Å²) in [6, 6.07) is 7.79. The maximum atomic E-state index is 11.9. The number of hydrogen-bond donors (Lipinski definition) is 2. The Morgan fingerprint density at radius 1 is 1.29 bits per heavy atom. The fourth-order valence-electron chi connectivity index (χ4n) is 2.77. The highest BCUT2D eigenvalue weighted by molar-refractivity contribution is 5.92. The number of carboxylic acid groups (broad SMARTS) is 1. The molecular formula is C17H21NO3. The number of rotatable bonds is 5. The normalized spacial score (nSPS) is 17.0. The van der Waals surface area contributed by atoms with Crippen LogP contribution in [0.15, 0.2) is 30.3 Å². The molecule has 1 saturated carbocycles.